The van der Waals surface area contributed by atoms with Gasteiger partial charge in [-0.1, -0.05) is 25.0 Å². The number of carbonyl (C=O) groups is 1. The predicted octanol–water partition coefficient (Wildman–Crippen LogP) is 5.23. The number of fused-ring (bicyclic) bond motifs is 1. The van der Waals surface area contributed by atoms with Crippen molar-refractivity contribution in [3.8, 4) is 22.6 Å². The number of pyridine rings is 1. The van der Waals surface area contributed by atoms with Gasteiger partial charge in [0.15, 0.2) is 11.5 Å². The van der Waals surface area contributed by atoms with Crippen molar-refractivity contribution in [2.45, 2.75) is 38.1 Å². The predicted molar refractivity (Wildman–Crippen MR) is 134 cm³/mol. The summed E-state index contributed by atoms with van der Waals surface area (Å²) in [4.78, 5) is 22.6. The van der Waals surface area contributed by atoms with E-state index in [2.05, 4.69) is 28.6 Å². The Labute approximate surface area is 200 Å². The van der Waals surface area contributed by atoms with E-state index in [0.29, 0.717) is 17.4 Å². The minimum atomic E-state index is 0.0172. The van der Waals surface area contributed by atoms with Crippen LogP contribution < -0.4 is 14.8 Å². The van der Waals surface area contributed by atoms with E-state index in [4.69, 9.17) is 14.5 Å². The average Bonchev–Trinajstić information content (AvgIpc) is 3.57. The van der Waals surface area contributed by atoms with Crippen LogP contribution in [0.2, 0.25) is 0 Å². The Kier molecular flexibility index (Phi) is 6.18. The summed E-state index contributed by atoms with van der Waals surface area (Å²) in [5, 5.41) is 3.93. The van der Waals surface area contributed by atoms with Crippen LogP contribution in [0.15, 0.2) is 42.7 Å². The largest absolute Gasteiger partial charge is 0.493 e. The lowest BCUT2D eigenvalue weighted by molar-refractivity contribution is 0.166. The van der Waals surface area contributed by atoms with Gasteiger partial charge in [-0.15, -0.1) is 0 Å². The number of urea groups is 1. The molecule has 3 aromatic rings. The first-order valence-corrected chi connectivity index (χ1v) is 12.0. The van der Waals surface area contributed by atoms with Crippen LogP contribution in [0.1, 0.15) is 37.7 Å². The zero-order valence-electron chi connectivity index (χ0n) is 20.1. The van der Waals surface area contributed by atoms with Crippen molar-refractivity contribution in [3.05, 3.63) is 48.3 Å². The first-order valence-electron chi connectivity index (χ1n) is 12.0. The molecule has 1 aliphatic carbocycles. The second kappa shape index (κ2) is 9.41. The number of nitrogens with one attached hydrogen (secondary N) is 2. The molecule has 0 bridgehead atoms. The number of ether oxygens (including phenoxy) is 2. The highest BCUT2D eigenvalue weighted by Gasteiger charge is 2.34. The van der Waals surface area contributed by atoms with Crippen molar-refractivity contribution in [3.63, 3.8) is 0 Å². The molecule has 0 saturated heterocycles. The fourth-order valence-electron chi connectivity index (χ4n) is 5.51. The zero-order chi connectivity index (χ0) is 23.7. The summed E-state index contributed by atoms with van der Waals surface area (Å²) in [6.07, 6.45) is 12.0. The van der Waals surface area contributed by atoms with Gasteiger partial charge in [0.25, 0.3) is 0 Å². The highest BCUT2D eigenvalue weighted by Crippen LogP contribution is 2.39. The van der Waals surface area contributed by atoms with Crippen molar-refractivity contribution in [1.29, 1.82) is 0 Å². The first-order chi connectivity index (χ1) is 16.6. The van der Waals surface area contributed by atoms with Crippen LogP contribution in [-0.4, -0.2) is 54.8 Å². The van der Waals surface area contributed by atoms with Crippen molar-refractivity contribution in [2.24, 2.45) is 5.92 Å². The van der Waals surface area contributed by atoms with E-state index in [0.717, 1.165) is 35.1 Å². The highest BCUT2D eigenvalue weighted by atomic mass is 16.5. The maximum absolute atomic E-state index is 12.6. The Morgan fingerprint density at radius 2 is 1.91 bits per heavy atom. The van der Waals surface area contributed by atoms with E-state index < -0.39 is 0 Å². The number of hydrogen-bond donors (Lipinski definition) is 2. The monoisotopic (exact) mass is 460 g/mol. The fraction of sp³-hybridized carbons (Fsp3) is 0.407. The van der Waals surface area contributed by atoms with E-state index in [9.17, 15) is 4.79 Å². The Bertz CT molecular complexity index is 1230. The highest BCUT2D eigenvalue weighted by molar-refractivity contribution is 5.93. The van der Waals surface area contributed by atoms with E-state index in [1.54, 1.807) is 21.3 Å². The smallest absolute Gasteiger partial charge is 0.317 e. The molecule has 1 unspecified atom stereocenters. The molecule has 1 aliphatic heterocycles. The van der Waals surface area contributed by atoms with Crippen molar-refractivity contribution in [2.75, 3.05) is 27.8 Å². The summed E-state index contributed by atoms with van der Waals surface area (Å²) in [6.45, 7) is 0.724. The molecule has 0 spiro atoms. The quantitative estimate of drug-likeness (QED) is 0.546. The summed E-state index contributed by atoms with van der Waals surface area (Å²) in [6, 6.07) is 8.26. The fourth-order valence-corrected chi connectivity index (χ4v) is 5.51. The Balaban J connectivity index is 1.53. The lowest BCUT2D eigenvalue weighted by Gasteiger charge is -2.37. The molecule has 2 aromatic heterocycles. The van der Waals surface area contributed by atoms with Gasteiger partial charge in [-0.05, 0) is 54.5 Å². The lowest BCUT2D eigenvalue weighted by Crippen LogP contribution is -2.49. The normalized spacial score (nSPS) is 18.7. The number of hydrogen-bond acceptors (Lipinski definition) is 4. The molecule has 7 heteroatoms. The molecule has 5 rings (SSSR count). The molecule has 1 saturated carbocycles. The van der Waals surface area contributed by atoms with Crippen LogP contribution in [0.5, 0.6) is 11.5 Å². The molecule has 34 heavy (non-hydrogen) atoms. The van der Waals surface area contributed by atoms with Gasteiger partial charge in [0.1, 0.15) is 5.65 Å². The third kappa shape index (κ3) is 4.00. The van der Waals surface area contributed by atoms with Crippen LogP contribution in [0, 0.1) is 5.92 Å². The van der Waals surface area contributed by atoms with Gasteiger partial charge in [-0.25, -0.2) is 9.78 Å². The van der Waals surface area contributed by atoms with Crippen LogP contribution in [0.3, 0.4) is 0 Å². The molecular formula is C27H32N4O3. The lowest BCUT2D eigenvalue weighted by atomic mass is 9.88. The molecule has 2 aliphatic rings. The SMILES string of the molecule is CNC(=O)N1CCC(c2c[nH]c3ncc(-c4ccc(OC)c(OC)c4)cc23)=CC1C1CCCC1. The number of amides is 2. The summed E-state index contributed by atoms with van der Waals surface area (Å²) in [5.41, 5.74) is 5.36. The molecule has 2 amide bonds. The van der Waals surface area contributed by atoms with Crippen molar-refractivity contribution < 1.29 is 14.3 Å². The summed E-state index contributed by atoms with van der Waals surface area (Å²) >= 11 is 0. The number of aromatic amines is 1. The van der Waals surface area contributed by atoms with Crippen LogP contribution in [-0.2, 0) is 0 Å². The number of nitrogens with zero attached hydrogens (tertiary/aromatic N) is 2. The van der Waals surface area contributed by atoms with Crippen molar-refractivity contribution in [1.82, 2.24) is 20.2 Å². The second-order valence-corrected chi connectivity index (χ2v) is 9.12. The van der Waals surface area contributed by atoms with E-state index in [-0.39, 0.29) is 12.1 Å². The van der Waals surface area contributed by atoms with Gasteiger partial charge in [-0.3, -0.25) is 0 Å². The van der Waals surface area contributed by atoms with Gasteiger partial charge in [0.05, 0.1) is 20.3 Å². The summed E-state index contributed by atoms with van der Waals surface area (Å²) in [5.74, 6) is 1.92. The number of H-pyrrole nitrogens is 1. The minimum absolute atomic E-state index is 0.0172. The van der Waals surface area contributed by atoms with E-state index in [1.165, 1.54) is 36.8 Å². The molecule has 7 nitrogen and oxygen atoms in total. The van der Waals surface area contributed by atoms with Gasteiger partial charge in [-0.2, -0.15) is 0 Å². The first kappa shape index (κ1) is 22.3. The number of carbonyl (C=O) groups excluding carboxylic acids is 1. The molecule has 1 aromatic carbocycles. The maximum atomic E-state index is 12.6. The number of benzene rings is 1. The topological polar surface area (TPSA) is 79.5 Å². The third-order valence-corrected chi connectivity index (χ3v) is 7.31. The van der Waals surface area contributed by atoms with Gasteiger partial charge >= 0.3 is 6.03 Å². The molecule has 2 N–H and O–H groups in total. The number of rotatable bonds is 5. The molecule has 3 heterocycles. The van der Waals surface area contributed by atoms with E-state index in [1.807, 2.05) is 29.3 Å². The van der Waals surface area contributed by atoms with Crippen LogP contribution in [0.25, 0.3) is 27.7 Å². The molecule has 1 atom stereocenters. The zero-order valence-corrected chi connectivity index (χ0v) is 20.1. The standard InChI is InChI=1S/C27H32N4O3/c1-28-27(32)31-11-10-19(13-23(31)17-6-4-5-7-17)22-16-30-26-21(22)12-20(15-29-26)18-8-9-24(33-2)25(14-18)34-3/h8-9,12-17,23H,4-7,10-11H2,1-3H3,(H,28,32)(H,29,30). The average molecular weight is 461 g/mol. The molecule has 1 fully saturated rings. The Morgan fingerprint density at radius 3 is 2.65 bits per heavy atom. The second-order valence-electron chi connectivity index (χ2n) is 9.12. The number of aromatic nitrogens is 2. The van der Waals surface area contributed by atoms with Gasteiger partial charge < -0.3 is 24.7 Å². The third-order valence-electron chi connectivity index (χ3n) is 7.31. The number of methoxy groups -OCH3 is 2. The molecular weight excluding hydrogens is 428 g/mol. The maximum Gasteiger partial charge on any atom is 0.317 e. The van der Waals surface area contributed by atoms with Crippen molar-refractivity contribution >= 4 is 22.6 Å². The molecule has 0 radical (unpaired) electrons. The summed E-state index contributed by atoms with van der Waals surface area (Å²) < 4.78 is 10.9. The summed E-state index contributed by atoms with van der Waals surface area (Å²) in [7, 11) is 5.00. The van der Waals surface area contributed by atoms with Gasteiger partial charge in [0, 0.05) is 42.5 Å². The Morgan fingerprint density at radius 1 is 1.12 bits per heavy atom. The van der Waals surface area contributed by atoms with Gasteiger partial charge in [0.2, 0.25) is 0 Å². The Hall–Kier alpha value is -3.48. The van der Waals surface area contributed by atoms with Crippen LogP contribution in [0.4, 0.5) is 4.79 Å². The van der Waals surface area contributed by atoms with Crippen LogP contribution >= 0.6 is 0 Å². The molecule has 178 valence electrons. The minimum Gasteiger partial charge on any atom is -0.493 e. The van der Waals surface area contributed by atoms with E-state index >= 15 is 0 Å².